The van der Waals surface area contributed by atoms with Crippen molar-refractivity contribution in [1.29, 1.82) is 0 Å². The van der Waals surface area contributed by atoms with Crippen molar-refractivity contribution in [3.8, 4) is 0 Å². The lowest BCUT2D eigenvalue weighted by molar-refractivity contribution is -0.0584. The van der Waals surface area contributed by atoms with E-state index in [1.54, 1.807) is 26.2 Å². The van der Waals surface area contributed by atoms with Gasteiger partial charge in [0.15, 0.2) is 0 Å². The van der Waals surface area contributed by atoms with Crippen LogP contribution in [0.25, 0.3) is 0 Å². The van der Waals surface area contributed by atoms with E-state index in [4.69, 9.17) is 4.84 Å². The summed E-state index contributed by atoms with van der Waals surface area (Å²) >= 11 is 0. The number of hydrogen-bond donors (Lipinski definition) is 0. The fourth-order valence-corrected chi connectivity index (χ4v) is 2.26. The zero-order valence-corrected chi connectivity index (χ0v) is 13.4. The number of amides is 3. The predicted molar refractivity (Wildman–Crippen MR) is 84.6 cm³/mol. The van der Waals surface area contributed by atoms with Crippen molar-refractivity contribution >= 4 is 23.7 Å². The van der Waals surface area contributed by atoms with Crippen molar-refractivity contribution in [1.82, 2.24) is 14.9 Å². The fraction of sp³-hybridized carbons (Fsp3) is 0.118. The summed E-state index contributed by atoms with van der Waals surface area (Å²) in [6.45, 7) is 0. The third-order valence-electron chi connectivity index (χ3n) is 3.56. The van der Waals surface area contributed by atoms with Crippen LogP contribution >= 0.6 is 0 Å². The summed E-state index contributed by atoms with van der Waals surface area (Å²) in [5, 5.41) is 0.423. The van der Waals surface area contributed by atoms with Gasteiger partial charge in [-0.1, -0.05) is 17.2 Å². The molecule has 1 aliphatic heterocycles. The first-order valence-corrected chi connectivity index (χ1v) is 7.28. The first-order valence-electron chi connectivity index (χ1n) is 7.28. The highest BCUT2D eigenvalue weighted by molar-refractivity contribution is 6.21. The Morgan fingerprint density at radius 2 is 1.60 bits per heavy atom. The molecule has 3 amide bonds. The van der Waals surface area contributed by atoms with Crippen LogP contribution in [0, 0.1) is 0 Å². The molecule has 0 fully saturated rings. The first kappa shape index (κ1) is 16.3. The SMILES string of the molecule is CN(C)C(=O)c1ccc(C(=O)ON2C(=O)c3ccccc3C2=O)cn1. The van der Waals surface area contributed by atoms with Crippen LogP contribution in [0.1, 0.15) is 41.6 Å². The molecule has 2 aromatic rings. The molecule has 0 bridgehead atoms. The Morgan fingerprint density at radius 3 is 2.08 bits per heavy atom. The number of hydrogen-bond acceptors (Lipinski definition) is 6. The summed E-state index contributed by atoms with van der Waals surface area (Å²) in [4.78, 5) is 58.4. The van der Waals surface area contributed by atoms with E-state index in [0.29, 0.717) is 5.06 Å². The highest BCUT2D eigenvalue weighted by atomic mass is 16.7. The summed E-state index contributed by atoms with van der Waals surface area (Å²) in [5.41, 5.74) is 0.504. The van der Waals surface area contributed by atoms with E-state index in [0.717, 1.165) is 6.20 Å². The molecule has 1 aromatic heterocycles. The Balaban J connectivity index is 1.76. The molecule has 2 heterocycles. The summed E-state index contributed by atoms with van der Waals surface area (Å²) in [7, 11) is 3.16. The maximum atomic E-state index is 12.2. The average Bonchev–Trinajstić information content (AvgIpc) is 2.86. The van der Waals surface area contributed by atoms with E-state index in [-0.39, 0.29) is 28.3 Å². The van der Waals surface area contributed by atoms with E-state index in [9.17, 15) is 19.2 Å². The molecule has 0 radical (unpaired) electrons. The predicted octanol–water partition coefficient (Wildman–Crippen LogP) is 1.15. The van der Waals surface area contributed by atoms with Crippen LogP contribution in [-0.4, -0.2) is 52.7 Å². The van der Waals surface area contributed by atoms with Gasteiger partial charge in [-0.3, -0.25) is 19.4 Å². The summed E-state index contributed by atoms with van der Waals surface area (Å²) in [6, 6.07) is 8.88. The zero-order chi connectivity index (χ0) is 18.1. The number of fused-ring (bicyclic) bond motifs is 1. The van der Waals surface area contributed by atoms with Gasteiger partial charge in [0.25, 0.3) is 17.7 Å². The number of imide groups is 1. The molecule has 0 saturated heterocycles. The van der Waals surface area contributed by atoms with E-state index in [1.807, 2.05) is 0 Å². The minimum absolute atomic E-state index is 0.00635. The molecule has 25 heavy (non-hydrogen) atoms. The molecule has 0 saturated carbocycles. The van der Waals surface area contributed by atoms with Gasteiger partial charge in [0, 0.05) is 20.3 Å². The molecule has 1 aliphatic rings. The number of carbonyl (C=O) groups excluding carboxylic acids is 4. The van der Waals surface area contributed by atoms with Gasteiger partial charge in [-0.15, -0.1) is 0 Å². The smallest absolute Gasteiger partial charge is 0.343 e. The molecule has 126 valence electrons. The number of pyridine rings is 1. The lowest BCUT2D eigenvalue weighted by Crippen LogP contribution is -2.32. The van der Waals surface area contributed by atoms with Crippen LogP contribution in [0.5, 0.6) is 0 Å². The summed E-state index contributed by atoms with van der Waals surface area (Å²) < 4.78 is 0. The molecule has 8 heteroatoms. The molecule has 8 nitrogen and oxygen atoms in total. The molecule has 0 aliphatic carbocycles. The van der Waals surface area contributed by atoms with Gasteiger partial charge in [-0.05, 0) is 24.3 Å². The Labute approximate surface area is 142 Å². The van der Waals surface area contributed by atoms with Crippen molar-refractivity contribution in [2.45, 2.75) is 0 Å². The summed E-state index contributed by atoms with van der Waals surface area (Å²) in [6.07, 6.45) is 1.15. The third kappa shape index (κ3) is 2.85. The van der Waals surface area contributed by atoms with Gasteiger partial charge in [-0.2, -0.15) is 0 Å². The second-order valence-corrected chi connectivity index (χ2v) is 5.46. The minimum Gasteiger partial charge on any atom is -0.343 e. The average molecular weight is 339 g/mol. The molecular weight excluding hydrogens is 326 g/mol. The third-order valence-corrected chi connectivity index (χ3v) is 3.56. The van der Waals surface area contributed by atoms with Gasteiger partial charge < -0.3 is 9.74 Å². The number of aromatic nitrogens is 1. The van der Waals surface area contributed by atoms with Crippen molar-refractivity contribution < 1.29 is 24.0 Å². The molecule has 0 unspecified atom stereocenters. The number of nitrogens with zero attached hydrogens (tertiary/aromatic N) is 3. The van der Waals surface area contributed by atoms with Crippen molar-refractivity contribution in [2.75, 3.05) is 14.1 Å². The monoisotopic (exact) mass is 339 g/mol. The van der Waals surface area contributed by atoms with E-state index >= 15 is 0 Å². The van der Waals surface area contributed by atoms with E-state index in [1.165, 1.54) is 29.2 Å². The fourth-order valence-electron chi connectivity index (χ4n) is 2.26. The van der Waals surface area contributed by atoms with Crippen LogP contribution in [-0.2, 0) is 4.84 Å². The van der Waals surface area contributed by atoms with Crippen LogP contribution in [0.3, 0.4) is 0 Å². The molecule has 1 aromatic carbocycles. The molecular formula is C17H13N3O5. The number of carbonyl (C=O) groups is 4. The minimum atomic E-state index is -0.925. The highest BCUT2D eigenvalue weighted by Crippen LogP contribution is 2.23. The second-order valence-electron chi connectivity index (χ2n) is 5.46. The second kappa shape index (κ2) is 6.16. The molecule has 3 rings (SSSR count). The number of rotatable bonds is 3. The van der Waals surface area contributed by atoms with Crippen LogP contribution in [0.15, 0.2) is 42.6 Å². The number of hydroxylamine groups is 2. The Kier molecular flexibility index (Phi) is 4.02. The van der Waals surface area contributed by atoms with Gasteiger partial charge in [0.05, 0.1) is 16.7 Å². The zero-order valence-electron chi connectivity index (χ0n) is 13.4. The van der Waals surface area contributed by atoms with Crippen molar-refractivity contribution in [3.63, 3.8) is 0 Å². The van der Waals surface area contributed by atoms with Crippen LogP contribution in [0.4, 0.5) is 0 Å². The molecule has 0 atom stereocenters. The quantitative estimate of drug-likeness (QED) is 0.778. The maximum absolute atomic E-state index is 12.2. The normalized spacial score (nSPS) is 12.8. The lowest BCUT2D eigenvalue weighted by Gasteiger charge is -2.13. The van der Waals surface area contributed by atoms with Gasteiger partial charge >= 0.3 is 5.97 Å². The molecule has 0 spiro atoms. The van der Waals surface area contributed by atoms with Gasteiger partial charge in [0.1, 0.15) is 5.69 Å². The van der Waals surface area contributed by atoms with Crippen LogP contribution in [0.2, 0.25) is 0 Å². The van der Waals surface area contributed by atoms with Gasteiger partial charge in [0.2, 0.25) is 0 Å². The van der Waals surface area contributed by atoms with Gasteiger partial charge in [-0.25, -0.2) is 4.79 Å². The largest absolute Gasteiger partial charge is 0.365 e. The van der Waals surface area contributed by atoms with Crippen molar-refractivity contribution in [3.05, 3.63) is 65.0 Å². The first-order chi connectivity index (χ1) is 11.9. The van der Waals surface area contributed by atoms with Crippen molar-refractivity contribution in [2.24, 2.45) is 0 Å². The Hall–Kier alpha value is -3.55. The highest BCUT2D eigenvalue weighted by Gasteiger charge is 2.38. The van der Waals surface area contributed by atoms with Crippen LogP contribution < -0.4 is 0 Å². The Morgan fingerprint density at radius 1 is 1.00 bits per heavy atom. The van der Waals surface area contributed by atoms with E-state index in [2.05, 4.69) is 4.98 Å². The lowest BCUT2D eigenvalue weighted by atomic mass is 10.1. The number of benzene rings is 1. The topological polar surface area (TPSA) is 96.9 Å². The van der Waals surface area contributed by atoms with E-state index < -0.39 is 17.8 Å². The maximum Gasteiger partial charge on any atom is 0.365 e. The Bertz CT molecular complexity index is 854. The standard InChI is InChI=1S/C17H13N3O5/c1-19(2)16(23)13-8-7-10(9-18-13)17(24)25-20-14(21)11-5-3-4-6-12(11)15(20)22/h3-9H,1-2H3. The summed E-state index contributed by atoms with van der Waals surface area (Å²) in [5.74, 6) is -2.66. The molecule has 0 N–H and O–H groups in total.